The first-order valence-electron chi connectivity index (χ1n) is 9.83. The highest BCUT2D eigenvalue weighted by molar-refractivity contribution is 8.00. The molecular weight excluding hydrogens is 484 g/mol. The van der Waals surface area contributed by atoms with Crippen LogP contribution in [0.3, 0.4) is 0 Å². The number of oxime groups is 1. The Bertz CT molecular complexity index is 1400. The van der Waals surface area contributed by atoms with E-state index >= 15 is 0 Å². The lowest BCUT2D eigenvalue weighted by atomic mass is 10.0. The Labute approximate surface area is 199 Å². The van der Waals surface area contributed by atoms with Crippen LogP contribution < -0.4 is 20.7 Å². The Hall–Kier alpha value is -3.98. The normalized spacial score (nSPS) is 20.3. The lowest BCUT2D eigenvalue weighted by Crippen LogP contribution is -2.71. The van der Waals surface area contributed by atoms with Crippen molar-refractivity contribution >= 4 is 57.4 Å². The molecule has 1 fully saturated rings. The van der Waals surface area contributed by atoms with Gasteiger partial charge in [-0.3, -0.25) is 14.5 Å². The van der Waals surface area contributed by atoms with Gasteiger partial charge in [0.15, 0.2) is 17.0 Å². The van der Waals surface area contributed by atoms with Gasteiger partial charge in [-0.15, -0.1) is 27.6 Å². The molecule has 34 heavy (non-hydrogen) atoms. The molecule has 2 aliphatic heterocycles. The maximum atomic E-state index is 12.9. The number of carbonyl (C=O) groups is 3. The summed E-state index contributed by atoms with van der Waals surface area (Å²) in [5.74, 6) is -2.61. The second kappa shape index (κ2) is 8.42. The number of carboxylic acid groups (broad SMARTS) is 1. The summed E-state index contributed by atoms with van der Waals surface area (Å²) in [6.07, 6.45) is 5.14. The van der Waals surface area contributed by atoms with E-state index in [2.05, 4.69) is 20.6 Å². The zero-order chi connectivity index (χ0) is 24.0. The van der Waals surface area contributed by atoms with Gasteiger partial charge in [-0.05, 0) is 6.07 Å². The van der Waals surface area contributed by atoms with Crippen molar-refractivity contribution in [1.29, 1.82) is 0 Å². The van der Waals surface area contributed by atoms with Gasteiger partial charge in [-0.2, -0.15) is 0 Å². The number of nitrogens with zero attached hydrogens (tertiary/aromatic N) is 6. The van der Waals surface area contributed by atoms with Gasteiger partial charge >= 0.3 is 5.65 Å². The van der Waals surface area contributed by atoms with E-state index < -0.39 is 34.9 Å². The number of nitrogens with two attached hydrogens (primary N) is 1. The molecular formula is C19H16N8O5S2. The monoisotopic (exact) mass is 500 g/mol. The Morgan fingerprint density at radius 2 is 2.26 bits per heavy atom. The number of carbonyl (C=O) groups excluding carboxylic acids is 3. The van der Waals surface area contributed by atoms with E-state index in [4.69, 9.17) is 5.73 Å². The zero-order valence-corrected chi connectivity index (χ0v) is 18.8. The van der Waals surface area contributed by atoms with Crippen LogP contribution in [0.5, 0.6) is 0 Å². The number of imidazole rings is 1. The van der Waals surface area contributed by atoms with Crippen LogP contribution in [-0.2, 0) is 20.9 Å². The highest BCUT2D eigenvalue weighted by Crippen LogP contribution is 2.40. The molecule has 0 radical (unpaired) electrons. The average Bonchev–Trinajstić information content (AvgIpc) is 3.44. The maximum absolute atomic E-state index is 12.9. The van der Waals surface area contributed by atoms with Gasteiger partial charge < -0.3 is 26.2 Å². The molecule has 0 unspecified atom stereocenters. The number of nitrogen functional groups attached to an aromatic ring is 1. The summed E-state index contributed by atoms with van der Waals surface area (Å²) in [7, 11) is 0. The predicted octanol–water partition coefficient (Wildman–Crippen LogP) is -2.06. The van der Waals surface area contributed by atoms with Gasteiger partial charge in [0.05, 0.1) is 17.9 Å². The summed E-state index contributed by atoms with van der Waals surface area (Å²) in [6.45, 7) is 0.221. The fraction of sp³-hybridized carbons (Fsp3) is 0.211. The lowest BCUT2D eigenvalue weighted by Gasteiger charge is -2.50. The summed E-state index contributed by atoms with van der Waals surface area (Å²) >= 11 is 2.37. The number of amides is 2. The first kappa shape index (κ1) is 21.8. The number of hydrogen-bond acceptors (Lipinski definition) is 11. The summed E-state index contributed by atoms with van der Waals surface area (Å²) < 4.78 is 3.47. The minimum Gasteiger partial charge on any atom is -0.543 e. The Morgan fingerprint density at radius 3 is 2.97 bits per heavy atom. The SMILES string of the molecule is Nc1nc(/C(=N/O)C(=O)N[C@@H]2C(=O)N3C(C(=O)[O-])=C(C[n+]4ccn5ncccc54)CS[C@H]23)cs1. The number of anilines is 1. The van der Waals surface area contributed by atoms with Gasteiger partial charge in [0.2, 0.25) is 0 Å². The summed E-state index contributed by atoms with van der Waals surface area (Å²) in [4.78, 5) is 42.5. The van der Waals surface area contributed by atoms with E-state index in [1.807, 2.05) is 10.6 Å². The number of carboxylic acids is 1. The number of nitrogens with one attached hydrogen (secondary N) is 1. The van der Waals surface area contributed by atoms with Crippen LogP contribution in [0.25, 0.3) is 5.65 Å². The van der Waals surface area contributed by atoms with Crippen molar-refractivity contribution in [3.05, 3.63) is 53.1 Å². The van der Waals surface area contributed by atoms with Crippen molar-refractivity contribution in [2.45, 2.75) is 18.0 Å². The highest BCUT2D eigenvalue weighted by atomic mass is 32.2. The van der Waals surface area contributed by atoms with Crippen LogP contribution in [0, 0.1) is 0 Å². The minimum atomic E-state index is -1.48. The average molecular weight is 501 g/mol. The number of hydrogen-bond donors (Lipinski definition) is 3. The van der Waals surface area contributed by atoms with Gasteiger partial charge in [-0.25, -0.2) is 9.55 Å². The first-order chi connectivity index (χ1) is 16.4. The number of fused-ring (bicyclic) bond motifs is 2. The highest BCUT2D eigenvalue weighted by Gasteiger charge is 2.53. The molecule has 0 saturated carbocycles. The Kier molecular flexibility index (Phi) is 5.41. The third kappa shape index (κ3) is 3.54. The molecule has 0 aliphatic carbocycles. The van der Waals surface area contributed by atoms with Crippen molar-refractivity contribution in [2.75, 3.05) is 11.5 Å². The molecule has 2 atom stereocenters. The van der Waals surface area contributed by atoms with Crippen LogP contribution in [-0.4, -0.2) is 65.4 Å². The first-order valence-corrected chi connectivity index (χ1v) is 11.8. The largest absolute Gasteiger partial charge is 0.543 e. The molecule has 0 bridgehead atoms. The summed E-state index contributed by atoms with van der Waals surface area (Å²) in [5.41, 5.74) is 6.25. The zero-order valence-electron chi connectivity index (χ0n) is 17.2. The number of β-lactam (4-membered cyclic amide) rings is 1. The predicted molar refractivity (Wildman–Crippen MR) is 117 cm³/mol. The molecule has 3 aromatic heterocycles. The van der Waals surface area contributed by atoms with E-state index in [0.29, 0.717) is 11.3 Å². The minimum absolute atomic E-state index is 0.0614. The number of aromatic nitrogens is 4. The molecule has 2 amide bonds. The molecule has 0 aromatic carbocycles. The van der Waals surface area contributed by atoms with Crippen molar-refractivity contribution in [3.63, 3.8) is 0 Å². The second-order valence-electron chi connectivity index (χ2n) is 7.37. The molecule has 15 heteroatoms. The van der Waals surface area contributed by atoms with Gasteiger partial charge in [-0.1, -0.05) is 10.3 Å². The van der Waals surface area contributed by atoms with Crippen LogP contribution in [0.1, 0.15) is 5.69 Å². The fourth-order valence-corrected chi connectivity index (χ4v) is 5.77. The van der Waals surface area contributed by atoms with E-state index in [9.17, 15) is 24.7 Å². The van der Waals surface area contributed by atoms with Gasteiger partial charge in [0.25, 0.3) is 11.8 Å². The molecule has 2 aliphatic rings. The van der Waals surface area contributed by atoms with E-state index in [1.54, 1.807) is 29.2 Å². The van der Waals surface area contributed by atoms with E-state index in [0.717, 1.165) is 21.9 Å². The molecule has 5 heterocycles. The van der Waals surface area contributed by atoms with Crippen molar-refractivity contribution in [3.8, 4) is 0 Å². The van der Waals surface area contributed by atoms with Crippen LogP contribution in [0.2, 0.25) is 0 Å². The van der Waals surface area contributed by atoms with E-state index in [-0.39, 0.29) is 23.1 Å². The Morgan fingerprint density at radius 1 is 1.44 bits per heavy atom. The van der Waals surface area contributed by atoms with E-state index in [1.165, 1.54) is 17.1 Å². The topological polar surface area (TPSA) is 182 Å². The van der Waals surface area contributed by atoms with Crippen LogP contribution >= 0.6 is 23.1 Å². The van der Waals surface area contributed by atoms with Gasteiger partial charge in [0, 0.05) is 22.8 Å². The number of aliphatic carboxylic acids is 1. The van der Waals surface area contributed by atoms with Crippen molar-refractivity contribution < 1.29 is 29.3 Å². The lowest BCUT2D eigenvalue weighted by molar-refractivity contribution is -0.662. The smallest absolute Gasteiger partial charge is 0.307 e. The summed E-state index contributed by atoms with van der Waals surface area (Å²) in [5, 5.41) is 31.9. The van der Waals surface area contributed by atoms with Crippen LogP contribution in [0.15, 0.2) is 52.5 Å². The van der Waals surface area contributed by atoms with Crippen LogP contribution in [0.4, 0.5) is 5.13 Å². The molecule has 5 rings (SSSR count). The number of thioether (sulfide) groups is 1. The third-order valence-corrected chi connectivity index (χ3v) is 7.42. The molecule has 13 nitrogen and oxygen atoms in total. The van der Waals surface area contributed by atoms with Gasteiger partial charge in [0.1, 0.15) is 29.9 Å². The molecule has 3 aromatic rings. The maximum Gasteiger partial charge on any atom is 0.307 e. The third-order valence-electron chi connectivity index (χ3n) is 5.41. The molecule has 174 valence electrons. The number of rotatable bonds is 6. The molecule has 4 N–H and O–H groups in total. The quantitative estimate of drug-likeness (QED) is 0.113. The summed E-state index contributed by atoms with van der Waals surface area (Å²) in [6, 6.07) is 2.59. The standard InChI is InChI=1S/C19H16N8O5S2/c20-19-22-10(8-34-19)12(24-32)15(28)23-13-16(29)27-14(18(30)31)9(7-33-17(13)27)6-25-4-5-26-11(25)2-1-3-21-26/h1-5,8,13,17H,6-7H2,(H4-,20,22,23,28,30,31,32)/t13-,17-/m1/s1. The second-order valence-corrected chi connectivity index (χ2v) is 9.37. The fourth-order valence-electron chi connectivity index (χ4n) is 3.89. The number of thiazole rings is 1. The molecule has 1 saturated heterocycles. The van der Waals surface area contributed by atoms with Crippen molar-refractivity contribution in [1.82, 2.24) is 24.8 Å². The Balaban J connectivity index is 1.37. The van der Waals surface area contributed by atoms with Crippen molar-refractivity contribution in [2.24, 2.45) is 5.16 Å². The molecule has 0 spiro atoms.